The largest absolute Gasteiger partial charge is 0.340 e. The molecule has 4 nitrogen and oxygen atoms in total. The van der Waals surface area contributed by atoms with Crippen molar-refractivity contribution in [3.8, 4) is 0 Å². The van der Waals surface area contributed by atoms with E-state index in [2.05, 4.69) is 22.1 Å². The molecule has 1 atom stereocenters. The van der Waals surface area contributed by atoms with Crippen LogP contribution >= 0.6 is 0 Å². The van der Waals surface area contributed by atoms with Crippen LogP contribution in [0.4, 0.5) is 8.78 Å². The van der Waals surface area contributed by atoms with E-state index < -0.39 is 23.6 Å². The van der Waals surface area contributed by atoms with Crippen LogP contribution in [0.25, 0.3) is 0 Å². The minimum atomic E-state index is -0.968. The fraction of sp³-hybridized carbons (Fsp3) is 0.143. The van der Waals surface area contributed by atoms with Gasteiger partial charge < -0.3 is 5.32 Å². The summed E-state index contributed by atoms with van der Waals surface area (Å²) in [7, 11) is 0. The molecule has 0 bridgehead atoms. The van der Waals surface area contributed by atoms with E-state index in [1.54, 1.807) is 6.92 Å². The van der Waals surface area contributed by atoms with Gasteiger partial charge in [-0.3, -0.25) is 9.89 Å². The first kappa shape index (κ1) is 13.9. The minimum absolute atomic E-state index is 0.277. The average molecular weight is 277 g/mol. The molecule has 0 spiro atoms. The lowest BCUT2D eigenvalue weighted by atomic mass is 10.0. The van der Waals surface area contributed by atoms with E-state index in [9.17, 15) is 13.6 Å². The summed E-state index contributed by atoms with van der Waals surface area (Å²) in [6, 6.07) is 4.37. The molecule has 1 aromatic carbocycles. The van der Waals surface area contributed by atoms with Gasteiger partial charge in [0.2, 0.25) is 0 Å². The summed E-state index contributed by atoms with van der Waals surface area (Å²) in [6.07, 6.45) is 1.45. The van der Waals surface area contributed by atoms with Gasteiger partial charge in [-0.25, -0.2) is 8.78 Å². The molecular weight excluding hydrogens is 264 g/mol. The van der Waals surface area contributed by atoms with E-state index in [1.165, 1.54) is 18.3 Å². The van der Waals surface area contributed by atoms with Gasteiger partial charge in [-0.05, 0) is 30.7 Å². The molecule has 0 fully saturated rings. The number of benzene rings is 1. The van der Waals surface area contributed by atoms with Crippen LogP contribution in [0.15, 0.2) is 42.6 Å². The van der Waals surface area contributed by atoms with Crippen LogP contribution < -0.4 is 5.32 Å². The molecule has 20 heavy (non-hydrogen) atoms. The fourth-order valence-corrected chi connectivity index (χ4v) is 1.77. The Balaban J connectivity index is 2.25. The summed E-state index contributed by atoms with van der Waals surface area (Å²) in [6.45, 7) is 5.46. The molecule has 6 heteroatoms. The fourth-order valence-electron chi connectivity index (χ4n) is 1.77. The van der Waals surface area contributed by atoms with E-state index in [1.807, 2.05) is 0 Å². The Labute approximate surface area is 114 Å². The molecule has 104 valence electrons. The van der Waals surface area contributed by atoms with Crippen molar-refractivity contribution in [3.63, 3.8) is 0 Å². The van der Waals surface area contributed by atoms with Crippen molar-refractivity contribution in [3.05, 3.63) is 65.5 Å². The third kappa shape index (κ3) is 2.90. The van der Waals surface area contributed by atoms with Gasteiger partial charge in [0, 0.05) is 6.20 Å². The molecule has 1 aromatic heterocycles. The lowest BCUT2D eigenvalue weighted by Crippen LogP contribution is -2.29. The van der Waals surface area contributed by atoms with Crippen molar-refractivity contribution in [2.75, 3.05) is 0 Å². The van der Waals surface area contributed by atoms with Gasteiger partial charge in [0.05, 0.1) is 6.04 Å². The number of halogens is 2. The van der Waals surface area contributed by atoms with Crippen molar-refractivity contribution >= 4 is 5.91 Å². The smallest absolute Gasteiger partial charge is 0.270 e. The molecule has 0 aliphatic heterocycles. The molecule has 2 N–H and O–H groups in total. The average Bonchev–Trinajstić information content (AvgIpc) is 2.93. The van der Waals surface area contributed by atoms with E-state index >= 15 is 0 Å². The number of nitrogens with zero attached hydrogens (tertiary/aromatic N) is 1. The molecule has 2 aromatic rings. The third-order valence-electron chi connectivity index (χ3n) is 2.79. The SMILES string of the molecule is C=C(C)[C@H](NC(=O)c1ccn[nH]1)c1ccc(F)c(F)c1. The highest BCUT2D eigenvalue weighted by atomic mass is 19.2. The van der Waals surface area contributed by atoms with Crippen LogP contribution in [-0.4, -0.2) is 16.1 Å². The number of aromatic amines is 1. The van der Waals surface area contributed by atoms with E-state index in [-0.39, 0.29) is 5.69 Å². The monoisotopic (exact) mass is 277 g/mol. The van der Waals surface area contributed by atoms with E-state index in [0.717, 1.165) is 12.1 Å². The summed E-state index contributed by atoms with van der Waals surface area (Å²) >= 11 is 0. The Morgan fingerprint density at radius 2 is 2.10 bits per heavy atom. The Hall–Kier alpha value is -2.50. The highest BCUT2D eigenvalue weighted by Gasteiger charge is 2.18. The third-order valence-corrected chi connectivity index (χ3v) is 2.79. The summed E-state index contributed by atoms with van der Waals surface area (Å²) in [5.74, 6) is -2.31. The number of hydrogen-bond donors (Lipinski definition) is 2. The second-order valence-electron chi connectivity index (χ2n) is 4.40. The van der Waals surface area contributed by atoms with Crippen molar-refractivity contribution in [2.45, 2.75) is 13.0 Å². The predicted octanol–water partition coefficient (Wildman–Crippen LogP) is 2.74. The highest BCUT2D eigenvalue weighted by molar-refractivity contribution is 5.92. The van der Waals surface area contributed by atoms with Gasteiger partial charge in [0.25, 0.3) is 5.91 Å². The molecule has 0 aliphatic rings. The number of H-pyrrole nitrogens is 1. The van der Waals surface area contributed by atoms with Gasteiger partial charge in [-0.15, -0.1) is 0 Å². The Morgan fingerprint density at radius 1 is 1.35 bits per heavy atom. The number of carbonyl (C=O) groups is 1. The van der Waals surface area contributed by atoms with E-state index in [4.69, 9.17) is 0 Å². The Bertz CT molecular complexity index is 638. The Kier molecular flexibility index (Phi) is 3.93. The topological polar surface area (TPSA) is 57.8 Å². The second-order valence-corrected chi connectivity index (χ2v) is 4.40. The quantitative estimate of drug-likeness (QED) is 0.844. The van der Waals surface area contributed by atoms with Crippen molar-refractivity contribution in [1.82, 2.24) is 15.5 Å². The maximum atomic E-state index is 13.3. The van der Waals surface area contributed by atoms with E-state index in [0.29, 0.717) is 11.1 Å². The Morgan fingerprint density at radius 3 is 2.65 bits per heavy atom. The van der Waals surface area contributed by atoms with Crippen LogP contribution in [0.1, 0.15) is 29.0 Å². The van der Waals surface area contributed by atoms with Crippen LogP contribution in [0.5, 0.6) is 0 Å². The minimum Gasteiger partial charge on any atom is -0.340 e. The summed E-state index contributed by atoms with van der Waals surface area (Å²) in [5, 5.41) is 8.89. The molecule has 1 amide bonds. The van der Waals surface area contributed by atoms with Gasteiger partial charge in [-0.1, -0.05) is 18.2 Å². The van der Waals surface area contributed by atoms with Crippen LogP contribution in [0, 0.1) is 11.6 Å². The molecule has 1 heterocycles. The number of carbonyl (C=O) groups excluding carboxylic acids is 1. The second kappa shape index (κ2) is 5.64. The molecule has 0 saturated heterocycles. The number of aromatic nitrogens is 2. The van der Waals surface area contributed by atoms with Crippen molar-refractivity contribution < 1.29 is 13.6 Å². The van der Waals surface area contributed by atoms with Crippen LogP contribution in [0.2, 0.25) is 0 Å². The molecule has 0 unspecified atom stereocenters. The zero-order valence-corrected chi connectivity index (χ0v) is 10.8. The van der Waals surface area contributed by atoms with Gasteiger partial charge in [0.1, 0.15) is 5.69 Å². The molecule has 2 rings (SSSR count). The first-order valence-electron chi connectivity index (χ1n) is 5.89. The summed E-state index contributed by atoms with van der Waals surface area (Å²) in [4.78, 5) is 12.0. The lowest BCUT2D eigenvalue weighted by molar-refractivity contribution is 0.0937. The normalized spacial score (nSPS) is 11.9. The maximum Gasteiger partial charge on any atom is 0.270 e. The molecule has 0 saturated carbocycles. The number of hydrogen-bond acceptors (Lipinski definition) is 2. The first-order chi connectivity index (χ1) is 9.49. The van der Waals surface area contributed by atoms with Crippen LogP contribution in [0.3, 0.4) is 0 Å². The maximum absolute atomic E-state index is 13.3. The summed E-state index contributed by atoms with van der Waals surface area (Å²) < 4.78 is 26.2. The summed E-state index contributed by atoms with van der Waals surface area (Å²) in [5.41, 5.74) is 1.30. The number of amides is 1. The van der Waals surface area contributed by atoms with Crippen LogP contribution in [-0.2, 0) is 0 Å². The van der Waals surface area contributed by atoms with Gasteiger partial charge in [0.15, 0.2) is 11.6 Å². The predicted molar refractivity (Wildman–Crippen MR) is 70.0 cm³/mol. The highest BCUT2D eigenvalue weighted by Crippen LogP contribution is 2.22. The number of rotatable bonds is 4. The van der Waals surface area contributed by atoms with Crippen molar-refractivity contribution in [1.29, 1.82) is 0 Å². The lowest BCUT2D eigenvalue weighted by Gasteiger charge is -2.19. The number of nitrogens with one attached hydrogen (secondary N) is 2. The van der Waals surface area contributed by atoms with Crippen molar-refractivity contribution in [2.24, 2.45) is 0 Å². The zero-order valence-electron chi connectivity index (χ0n) is 10.8. The van der Waals surface area contributed by atoms with Gasteiger partial charge >= 0.3 is 0 Å². The molecule has 0 aliphatic carbocycles. The first-order valence-corrected chi connectivity index (χ1v) is 5.89. The molecular formula is C14H13F2N3O. The van der Waals surface area contributed by atoms with Gasteiger partial charge in [-0.2, -0.15) is 5.10 Å². The zero-order chi connectivity index (χ0) is 14.7. The molecule has 0 radical (unpaired) electrons. The standard InChI is InChI=1S/C14H13F2N3O/c1-8(2)13(9-3-4-10(15)11(16)7-9)18-14(20)12-5-6-17-19-12/h3-7,13H,1H2,2H3,(H,17,19)(H,18,20)/t13-/m0/s1.